The van der Waals surface area contributed by atoms with E-state index in [0.29, 0.717) is 18.5 Å². The Morgan fingerprint density at radius 3 is 3.08 bits per heavy atom. The average Bonchev–Trinajstić information content (AvgIpc) is 3.34. The predicted octanol–water partition coefficient (Wildman–Crippen LogP) is 2.01. The van der Waals surface area contributed by atoms with E-state index < -0.39 is 11.7 Å². The van der Waals surface area contributed by atoms with E-state index in [0.717, 1.165) is 5.76 Å². The second-order valence-corrected chi connectivity index (χ2v) is 6.24. The maximum atomic E-state index is 14.1. The molecular formula is C18H17FN4O3. The molecule has 134 valence electrons. The second kappa shape index (κ2) is 6.62. The third-order valence-electron chi connectivity index (χ3n) is 4.52. The number of anilines is 1. The highest BCUT2D eigenvalue weighted by Crippen LogP contribution is 2.31. The maximum Gasteiger partial charge on any atom is 0.229 e. The fourth-order valence-corrected chi connectivity index (χ4v) is 3.20. The minimum absolute atomic E-state index is 0.0788. The Bertz CT molecular complexity index is 951. The molecule has 1 aliphatic heterocycles. The smallest absolute Gasteiger partial charge is 0.229 e. The summed E-state index contributed by atoms with van der Waals surface area (Å²) in [4.78, 5) is 26.1. The van der Waals surface area contributed by atoms with E-state index in [1.54, 1.807) is 24.5 Å². The summed E-state index contributed by atoms with van der Waals surface area (Å²) < 4.78 is 19.3. The fraction of sp³-hybridized carbons (Fsp3) is 0.278. The Balaban J connectivity index is 1.44. The number of fused-ring (bicyclic) bond motifs is 1. The molecule has 0 aliphatic carbocycles. The molecule has 3 aromatic rings. The van der Waals surface area contributed by atoms with Crippen molar-refractivity contribution in [1.82, 2.24) is 15.5 Å². The van der Waals surface area contributed by atoms with Gasteiger partial charge in [-0.05, 0) is 24.3 Å². The minimum Gasteiger partial charge on any atom is -0.469 e. The molecule has 1 aliphatic rings. The zero-order valence-corrected chi connectivity index (χ0v) is 13.9. The number of hydrogen-bond acceptors (Lipinski definition) is 4. The summed E-state index contributed by atoms with van der Waals surface area (Å²) in [7, 11) is 0. The number of nitrogens with one attached hydrogen (secondary N) is 2. The van der Waals surface area contributed by atoms with Crippen LogP contribution in [0.15, 0.2) is 41.0 Å². The van der Waals surface area contributed by atoms with Crippen LogP contribution in [0.4, 0.5) is 10.2 Å². The number of nitrogens with zero attached hydrogens (tertiary/aromatic N) is 2. The number of benzene rings is 1. The van der Waals surface area contributed by atoms with E-state index in [-0.39, 0.29) is 36.0 Å². The highest BCUT2D eigenvalue weighted by atomic mass is 19.1. The molecule has 0 saturated carbocycles. The van der Waals surface area contributed by atoms with E-state index in [1.807, 2.05) is 6.07 Å². The second-order valence-electron chi connectivity index (χ2n) is 6.24. The number of halogens is 1. The van der Waals surface area contributed by atoms with Crippen LogP contribution in [0.3, 0.4) is 0 Å². The molecule has 1 aromatic carbocycles. The first kappa shape index (κ1) is 16.3. The zero-order chi connectivity index (χ0) is 18.1. The Morgan fingerprint density at radius 1 is 1.38 bits per heavy atom. The molecule has 8 heteroatoms. The van der Waals surface area contributed by atoms with E-state index in [1.165, 1.54) is 11.0 Å². The molecule has 4 rings (SSSR count). The van der Waals surface area contributed by atoms with Crippen molar-refractivity contribution in [2.45, 2.75) is 12.8 Å². The van der Waals surface area contributed by atoms with Crippen LogP contribution in [0.5, 0.6) is 0 Å². The lowest BCUT2D eigenvalue weighted by Gasteiger charge is -2.14. The fourth-order valence-electron chi connectivity index (χ4n) is 3.20. The molecule has 1 atom stereocenters. The quantitative estimate of drug-likeness (QED) is 0.732. The highest BCUT2D eigenvalue weighted by Gasteiger charge is 2.37. The first-order valence-corrected chi connectivity index (χ1v) is 8.36. The monoisotopic (exact) mass is 356 g/mol. The molecule has 7 nitrogen and oxygen atoms in total. The van der Waals surface area contributed by atoms with Crippen molar-refractivity contribution in [2.75, 3.05) is 18.0 Å². The molecule has 0 radical (unpaired) electrons. The number of carbonyl (C=O) groups excluding carboxylic acids is 2. The van der Waals surface area contributed by atoms with Gasteiger partial charge in [0, 0.05) is 25.9 Å². The number of aromatic nitrogens is 2. The van der Waals surface area contributed by atoms with Gasteiger partial charge in [0.05, 0.1) is 23.1 Å². The number of amides is 2. The van der Waals surface area contributed by atoms with Gasteiger partial charge in [-0.3, -0.25) is 19.6 Å². The largest absolute Gasteiger partial charge is 0.469 e. The average molecular weight is 356 g/mol. The van der Waals surface area contributed by atoms with Crippen LogP contribution in [-0.4, -0.2) is 35.1 Å². The lowest BCUT2D eigenvalue weighted by atomic mass is 10.1. The van der Waals surface area contributed by atoms with Gasteiger partial charge in [-0.25, -0.2) is 4.39 Å². The van der Waals surface area contributed by atoms with Crippen molar-refractivity contribution in [2.24, 2.45) is 5.92 Å². The van der Waals surface area contributed by atoms with E-state index in [4.69, 9.17) is 4.42 Å². The normalized spacial score (nSPS) is 17.2. The molecule has 26 heavy (non-hydrogen) atoms. The van der Waals surface area contributed by atoms with Crippen LogP contribution in [0.2, 0.25) is 0 Å². The van der Waals surface area contributed by atoms with Gasteiger partial charge in [0.2, 0.25) is 11.8 Å². The highest BCUT2D eigenvalue weighted by molar-refractivity contribution is 6.05. The number of H-pyrrole nitrogens is 1. The molecule has 1 fully saturated rings. The molecule has 2 amide bonds. The number of furan rings is 1. The number of hydrogen-bond donors (Lipinski definition) is 2. The van der Waals surface area contributed by atoms with Gasteiger partial charge in [-0.15, -0.1) is 0 Å². The summed E-state index contributed by atoms with van der Waals surface area (Å²) in [5.41, 5.74) is 0.513. The first-order chi connectivity index (χ1) is 12.6. The van der Waals surface area contributed by atoms with Gasteiger partial charge in [0.25, 0.3) is 0 Å². The number of aromatic amines is 1. The van der Waals surface area contributed by atoms with Crippen LogP contribution < -0.4 is 10.2 Å². The van der Waals surface area contributed by atoms with E-state index in [2.05, 4.69) is 15.5 Å². The molecule has 1 unspecified atom stereocenters. The standard InChI is InChI=1S/C18H17FN4O3/c19-13-4-1-5-14-16(13)17(22-21-14)23-10-11(9-15(23)24)18(25)20-7-6-12-3-2-8-26-12/h1-5,8,11H,6-7,9-10H2,(H,20,25)(H,21,22). The Morgan fingerprint density at radius 2 is 2.27 bits per heavy atom. The molecular weight excluding hydrogens is 339 g/mol. The van der Waals surface area contributed by atoms with Crippen molar-refractivity contribution in [3.05, 3.63) is 48.2 Å². The first-order valence-electron chi connectivity index (χ1n) is 8.36. The third kappa shape index (κ3) is 2.94. The Hall–Kier alpha value is -3.16. The van der Waals surface area contributed by atoms with Gasteiger partial charge in [-0.2, -0.15) is 5.10 Å². The van der Waals surface area contributed by atoms with Crippen molar-refractivity contribution >= 4 is 28.5 Å². The molecule has 2 N–H and O–H groups in total. The van der Waals surface area contributed by atoms with Crippen LogP contribution in [-0.2, 0) is 16.0 Å². The Labute approximate surface area is 148 Å². The Kier molecular flexibility index (Phi) is 4.16. The van der Waals surface area contributed by atoms with Crippen molar-refractivity contribution < 1.29 is 18.4 Å². The SMILES string of the molecule is O=C(NCCc1ccco1)C1CC(=O)N(c2n[nH]c3cccc(F)c23)C1. The van der Waals surface area contributed by atoms with Gasteiger partial charge in [0.1, 0.15) is 11.6 Å². The summed E-state index contributed by atoms with van der Waals surface area (Å²) in [6.45, 7) is 0.608. The summed E-state index contributed by atoms with van der Waals surface area (Å²) in [6, 6.07) is 8.21. The van der Waals surface area contributed by atoms with Gasteiger partial charge < -0.3 is 9.73 Å². The predicted molar refractivity (Wildman–Crippen MR) is 91.9 cm³/mol. The van der Waals surface area contributed by atoms with Crippen LogP contribution in [0, 0.1) is 11.7 Å². The summed E-state index contributed by atoms with van der Waals surface area (Å²) in [6.07, 6.45) is 2.24. The van der Waals surface area contributed by atoms with Crippen molar-refractivity contribution in [3.8, 4) is 0 Å². The molecule has 1 saturated heterocycles. The van der Waals surface area contributed by atoms with Gasteiger partial charge in [0.15, 0.2) is 5.82 Å². The zero-order valence-electron chi connectivity index (χ0n) is 13.9. The molecule has 2 aromatic heterocycles. The lowest BCUT2D eigenvalue weighted by molar-refractivity contribution is -0.126. The molecule has 0 bridgehead atoms. The topological polar surface area (TPSA) is 91.2 Å². The van der Waals surface area contributed by atoms with Crippen molar-refractivity contribution in [3.63, 3.8) is 0 Å². The van der Waals surface area contributed by atoms with Gasteiger partial charge in [-0.1, -0.05) is 6.07 Å². The number of carbonyl (C=O) groups is 2. The third-order valence-corrected chi connectivity index (χ3v) is 4.52. The van der Waals surface area contributed by atoms with E-state index in [9.17, 15) is 14.0 Å². The lowest BCUT2D eigenvalue weighted by Crippen LogP contribution is -2.34. The molecule has 0 spiro atoms. The summed E-state index contributed by atoms with van der Waals surface area (Å²) in [5.74, 6) is -0.370. The van der Waals surface area contributed by atoms with Gasteiger partial charge >= 0.3 is 0 Å². The van der Waals surface area contributed by atoms with Crippen LogP contribution in [0.1, 0.15) is 12.2 Å². The van der Waals surface area contributed by atoms with Crippen LogP contribution in [0.25, 0.3) is 10.9 Å². The summed E-state index contributed by atoms with van der Waals surface area (Å²) >= 11 is 0. The molecule has 3 heterocycles. The minimum atomic E-state index is -0.488. The van der Waals surface area contributed by atoms with E-state index >= 15 is 0 Å². The summed E-state index contributed by atoms with van der Waals surface area (Å²) in [5, 5.41) is 9.88. The number of rotatable bonds is 5. The van der Waals surface area contributed by atoms with Crippen LogP contribution >= 0.6 is 0 Å². The maximum absolute atomic E-state index is 14.1. The van der Waals surface area contributed by atoms with Crippen molar-refractivity contribution in [1.29, 1.82) is 0 Å².